The third kappa shape index (κ3) is 2.35. The molecular weight excluding hydrogens is 277 g/mol. The molecule has 0 amide bonds. The van der Waals surface area contributed by atoms with Gasteiger partial charge in [0.15, 0.2) is 0 Å². The molecule has 102 valence electrons. The van der Waals surface area contributed by atoms with Gasteiger partial charge in [0.2, 0.25) is 0 Å². The summed E-state index contributed by atoms with van der Waals surface area (Å²) in [5, 5.41) is 14.1. The van der Waals surface area contributed by atoms with Gasteiger partial charge in [-0.05, 0) is 6.92 Å². The number of hydrogen-bond acceptors (Lipinski definition) is 3. The van der Waals surface area contributed by atoms with E-state index in [1.807, 2.05) is 0 Å². The monoisotopic (exact) mass is 288 g/mol. The summed E-state index contributed by atoms with van der Waals surface area (Å²) >= 11 is 5.01. The minimum atomic E-state index is -4.84. The van der Waals surface area contributed by atoms with Crippen LogP contribution in [0.1, 0.15) is 18.9 Å². The summed E-state index contributed by atoms with van der Waals surface area (Å²) in [6.07, 6.45) is -5.45. The van der Waals surface area contributed by atoms with Crippen LogP contribution in [0.5, 0.6) is 0 Å². The number of hydrazone groups is 1. The van der Waals surface area contributed by atoms with Crippen LogP contribution in [0.2, 0.25) is 0 Å². The van der Waals surface area contributed by atoms with Crippen LogP contribution in [-0.4, -0.2) is 32.7 Å². The van der Waals surface area contributed by atoms with E-state index in [0.29, 0.717) is 10.6 Å². The second kappa shape index (κ2) is 4.57. The van der Waals surface area contributed by atoms with Crippen LogP contribution in [0.3, 0.4) is 0 Å². The minimum Gasteiger partial charge on any atom is -0.362 e. The summed E-state index contributed by atoms with van der Waals surface area (Å²) in [7, 11) is 0. The average Bonchev–Trinajstić information content (AvgIpc) is 2.65. The Bertz CT molecular complexity index is 530. The van der Waals surface area contributed by atoms with Crippen molar-refractivity contribution in [2.24, 2.45) is 5.10 Å². The molecule has 0 saturated heterocycles. The maximum Gasteiger partial charge on any atom is 0.438 e. The molecule has 19 heavy (non-hydrogen) atoms. The lowest BCUT2D eigenvalue weighted by Gasteiger charge is -2.34. The van der Waals surface area contributed by atoms with E-state index < -0.39 is 18.3 Å². The fourth-order valence-electron chi connectivity index (χ4n) is 1.86. The lowest BCUT2D eigenvalue weighted by molar-refractivity contribution is -0.294. The van der Waals surface area contributed by atoms with Crippen LogP contribution >= 0.6 is 12.2 Å². The molecule has 1 aromatic carbocycles. The summed E-state index contributed by atoms with van der Waals surface area (Å²) in [5.74, 6) is 0. The molecule has 1 aromatic rings. The van der Waals surface area contributed by atoms with Gasteiger partial charge in [0, 0.05) is 17.7 Å². The Labute approximate surface area is 113 Å². The van der Waals surface area contributed by atoms with Crippen molar-refractivity contribution < 1.29 is 18.3 Å². The summed E-state index contributed by atoms with van der Waals surface area (Å²) in [6, 6.07) is 8.17. The van der Waals surface area contributed by atoms with Gasteiger partial charge >= 0.3 is 6.18 Å². The molecule has 1 heterocycles. The van der Waals surface area contributed by atoms with Gasteiger partial charge in [-0.2, -0.15) is 18.3 Å². The molecule has 3 nitrogen and oxygen atoms in total. The fraction of sp³-hybridized carbons (Fsp3) is 0.333. The summed E-state index contributed by atoms with van der Waals surface area (Å²) < 4.78 is 39.1. The number of halogens is 3. The van der Waals surface area contributed by atoms with Gasteiger partial charge in [-0.1, -0.05) is 42.5 Å². The maximum absolute atomic E-state index is 13.0. The number of nitrogens with zero attached hydrogens (tertiary/aromatic N) is 2. The molecule has 7 heteroatoms. The van der Waals surface area contributed by atoms with E-state index in [9.17, 15) is 18.3 Å². The molecule has 1 aliphatic rings. The fourth-order valence-corrected chi connectivity index (χ4v) is 2.19. The van der Waals surface area contributed by atoms with Gasteiger partial charge in [0.05, 0.1) is 0 Å². The molecule has 0 fully saturated rings. The van der Waals surface area contributed by atoms with Gasteiger partial charge in [0.25, 0.3) is 5.72 Å². The van der Waals surface area contributed by atoms with Crippen molar-refractivity contribution in [2.75, 3.05) is 0 Å². The third-order valence-corrected chi connectivity index (χ3v) is 3.20. The Morgan fingerprint density at radius 2 is 1.95 bits per heavy atom. The van der Waals surface area contributed by atoms with Crippen molar-refractivity contribution in [3.8, 4) is 0 Å². The highest BCUT2D eigenvalue weighted by Gasteiger charge is 2.61. The highest BCUT2D eigenvalue weighted by Crippen LogP contribution is 2.41. The van der Waals surface area contributed by atoms with Gasteiger partial charge in [-0.25, -0.2) is 5.01 Å². The molecule has 0 aromatic heterocycles. The molecule has 0 spiro atoms. The molecule has 1 N–H and O–H groups in total. The summed E-state index contributed by atoms with van der Waals surface area (Å²) in [5.41, 5.74) is -2.49. The highest BCUT2D eigenvalue weighted by atomic mass is 32.1. The largest absolute Gasteiger partial charge is 0.438 e. The van der Waals surface area contributed by atoms with Crippen LogP contribution in [0.25, 0.3) is 0 Å². The van der Waals surface area contributed by atoms with E-state index >= 15 is 0 Å². The van der Waals surface area contributed by atoms with Crippen LogP contribution in [0.15, 0.2) is 35.4 Å². The van der Waals surface area contributed by atoms with Gasteiger partial charge in [-0.15, -0.1) is 0 Å². The Kier molecular flexibility index (Phi) is 3.36. The number of alkyl halides is 3. The Morgan fingerprint density at radius 1 is 1.37 bits per heavy atom. The molecule has 1 atom stereocenters. The van der Waals surface area contributed by atoms with E-state index in [2.05, 4.69) is 5.10 Å². The topological polar surface area (TPSA) is 35.8 Å². The normalized spacial score (nSPS) is 23.4. The number of thiocarbonyl (C=S) groups is 1. The lowest BCUT2D eigenvalue weighted by atomic mass is 10.1. The van der Waals surface area contributed by atoms with Crippen molar-refractivity contribution in [1.29, 1.82) is 0 Å². The summed E-state index contributed by atoms with van der Waals surface area (Å²) in [6.45, 7) is 1.42. The highest BCUT2D eigenvalue weighted by molar-refractivity contribution is 7.80. The van der Waals surface area contributed by atoms with E-state index in [1.54, 1.807) is 30.3 Å². The Hall–Kier alpha value is -1.47. The summed E-state index contributed by atoms with van der Waals surface area (Å²) in [4.78, 5) is -0.155. The Morgan fingerprint density at radius 3 is 2.47 bits per heavy atom. The molecule has 0 aliphatic carbocycles. The molecule has 0 radical (unpaired) electrons. The van der Waals surface area contributed by atoms with Gasteiger partial charge in [-0.3, -0.25) is 0 Å². The van der Waals surface area contributed by atoms with Crippen LogP contribution in [-0.2, 0) is 0 Å². The third-order valence-electron chi connectivity index (χ3n) is 2.79. The van der Waals surface area contributed by atoms with E-state index in [-0.39, 0.29) is 10.7 Å². The first-order valence-electron chi connectivity index (χ1n) is 5.48. The minimum absolute atomic E-state index is 0.155. The second-order valence-corrected chi connectivity index (χ2v) is 4.70. The standard InChI is InChI=1S/C12H11F3N2OS/c1-8-7-11(18,12(13,14)15)17(16-8)10(19)9-5-3-2-4-6-9/h2-6,18H,7H2,1H3/t11-/m0/s1. The van der Waals surface area contributed by atoms with Crippen LogP contribution in [0.4, 0.5) is 13.2 Å². The zero-order valence-electron chi connectivity index (χ0n) is 9.98. The number of aliphatic hydroxyl groups is 1. The van der Waals surface area contributed by atoms with Gasteiger partial charge in [0.1, 0.15) is 4.99 Å². The number of benzene rings is 1. The number of hydrogen-bond donors (Lipinski definition) is 1. The molecule has 0 saturated carbocycles. The zero-order chi connectivity index (χ0) is 14.3. The first-order valence-corrected chi connectivity index (χ1v) is 5.89. The first-order chi connectivity index (χ1) is 8.75. The molecule has 1 aliphatic heterocycles. The zero-order valence-corrected chi connectivity index (χ0v) is 10.8. The molecule has 0 unspecified atom stereocenters. The van der Waals surface area contributed by atoms with Crippen LogP contribution < -0.4 is 0 Å². The maximum atomic E-state index is 13.0. The van der Waals surface area contributed by atoms with Crippen molar-refractivity contribution in [1.82, 2.24) is 5.01 Å². The van der Waals surface area contributed by atoms with Gasteiger partial charge < -0.3 is 5.11 Å². The smallest absolute Gasteiger partial charge is 0.362 e. The Balaban J connectivity index is 2.40. The average molecular weight is 288 g/mol. The van der Waals surface area contributed by atoms with Crippen molar-refractivity contribution in [2.45, 2.75) is 25.2 Å². The molecule has 2 rings (SSSR count). The van der Waals surface area contributed by atoms with E-state index in [1.165, 1.54) is 6.92 Å². The predicted octanol–water partition coefficient (Wildman–Crippen LogP) is 2.69. The van der Waals surface area contributed by atoms with Crippen molar-refractivity contribution in [3.05, 3.63) is 35.9 Å². The molecule has 0 bridgehead atoms. The van der Waals surface area contributed by atoms with Crippen LogP contribution in [0, 0.1) is 0 Å². The van der Waals surface area contributed by atoms with E-state index in [4.69, 9.17) is 12.2 Å². The van der Waals surface area contributed by atoms with Crippen molar-refractivity contribution >= 4 is 22.9 Å². The second-order valence-electron chi connectivity index (χ2n) is 4.31. The predicted molar refractivity (Wildman–Crippen MR) is 68.7 cm³/mol. The molecular formula is C12H11F3N2OS. The number of rotatable bonds is 1. The van der Waals surface area contributed by atoms with Crippen molar-refractivity contribution in [3.63, 3.8) is 0 Å². The first kappa shape index (κ1) is 14.0. The quantitative estimate of drug-likeness (QED) is 0.807. The SMILES string of the molecule is CC1=NN(C(=S)c2ccccc2)[C@@](O)(C(F)(F)F)C1. The van der Waals surface area contributed by atoms with E-state index in [0.717, 1.165) is 0 Å². The lowest BCUT2D eigenvalue weighted by Crippen LogP contribution is -2.56.